The summed E-state index contributed by atoms with van der Waals surface area (Å²) in [5, 5.41) is -0.711. The van der Waals surface area contributed by atoms with E-state index in [1.54, 1.807) is 36.4 Å². The molecule has 3 aromatic carbocycles. The van der Waals surface area contributed by atoms with Gasteiger partial charge in [-0.05, 0) is 65.9 Å². The highest BCUT2D eigenvalue weighted by Gasteiger charge is 2.21. The first-order valence-electron chi connectivity index (χ1n) is 13.5. The molecule has 39 heavy (non-hydrogen) atoms. The Kier molecular flexibility index (Phi) is 11.8. The molecule has 0 aliphatic rings. The second kappa shape index (κ2) is 15.3. The van der Waals surface area contributed by atoms with Crippen molar-refractivity contribution in [2.75, 3.05) is 6.61 Å². The van der Waals surface area contributed by atoms with Gasteiger partial charge < -0.3 is 14.2 Å². The largest absolute Gasteiger partial charge is 0.491 e. The van der Waals surface area contributed by atoms with Crippen LogP contribution in [-0.4, -0.2) is 23.9 Å². The Labute approximate surface area is 235 Å². The molecular weight excluding hydrogens is 519 g/mol. The van der Waals surface area contributed by atoms with Crippen LogP contribution in [0.1, 0.15) is 69.7 Å². The van der Waals surface area contributed by atoms with E-state index in [0.29, 0.717) is 18.1 Å². The van der Waals surface area contributed by atoms with E-state index in [9.17, 15) is 14.0 Å². The number of esters is 2. The quantitative estimate of drug-likeness (QED) is 0.0863. The molecule has 0 radical (unpaired) electrons. The number of carbonyl (C=O) groups excluding carboxylic acids is 2. The van der Waals surface area contributed by atoms with Gasteiger partial charge >= 0.3 is 11.9 Å². The number of hydrogen-bond acceptors (Lipinski definition) is 5. The third-order valence-electron chi connectivity index (χ3n) is 6.20. The van der Waals surface area contributed by atoms with E-state index >= 15 is 0 Å². The molecule has 0 spiro atoms. The van der Waals surface area contributed by atoms with Crippen LogP contribution in [0, 0.1) is 11.7 Å². The average Bonchev–Trinajstić information content (AvgIpc) is 2.93. The molecule has 1 atom stereocenters. The predicted molar refractivity (Wildman–Crippen MR) is 152 cm³/mol. The Morgan fingerprint density at radius 3 is 1.92 bits per heavy atom. The van der Waals surface area contributed by atoms with Crippen molar-refractivity contribution in [3.05, 3.63) is 78.1 Å². The molecule has 0 aliphatic carbocycles. The lowest BCUT2D eigenvalue weighted by Crippen LogP contribution is -2.25. The van der Waals surface area contributed by atoms with Gasteiger partial charge in [-0.25, -0.2) is 9.18 Å². The normalized spacial score (nSPS) is 11.7. The Bertz CT molecular complexity index is 1210. The summed E-state index contributed by atoms with van der Waals surface area (Å²) in [5.74, 6) is -0.891. The molecule has 0 aliphatic heterocycles. The first-order valence-corrected chi connectivity index (χ1v) is 13.9. The summed E-state index contributed by atoms with van der Waals surface area (Å²) < 4.78 is 30.8. The summed E-state index contributed by atoms with van der Waals surface area (Å²) in [4.78, 5) is 24.6. The number of unbranched alkanes of at least 4 members (excludes halogenated alkanes) is 5. The molecular formula is C32H36ClFO5. The van der Waals surface area contributed by atoms with Crippen LogP contribution in [-0.2, 0) is 4.79 Å². The van der Waals surface area contributed by atoms with Gasteiger partial charge in [0.2, 0.25) is 0 Å². The Hall–Kier alpha value is -3.38. The van der Waals surface area contributed by atoms with Crippen molar-refractivity contribution in [3.8, 4) is 28.4 Å². The molecule has 0 bridgehead atoms. The first-order chi connectivity index (χ1) is 18.8. The fraction of sp³-hybridized carbons (Fsp3) is 0.375. The Balaban J connectivity index is 1.51. The number of benzene rings is 3. The molecule has 0 amide bonds. The highest BCUT2D eigenvalue weighted by Crippen LogP contribution is 2.26. The van der Waals surface area contributed by atoms with Crippen molar-refractivity contribution in [2.24, 2.45) is 5.92 Å². The van der Waals surface area contributed by atoms with Crippen molar-refractivity contribution in [1.82, 2.24) is 0 Å². The highest BCUT2D eigenvalue weighted by atomic mass is 35.5. The first kappa shape index (κ1) is 30.2. The van der Waals surface area contributed by atoms with Crippen LogP contribution in [0.4, 0.5) is 4.39 Å². The third kappa shape index (κ3) is 9.39. The van der Waals surface area contributed by atoms with Crippen molar-refractivity contribution in [1.29, 1.82) is 0 Å². The number of ether oxygens (including phenoxy) is 3. The van der Waals surface area contributed by atoms with Gasteiger partial charge in [-0.3, -0.25) is 4.79 Å². The lowest BCUT2D eigenvalue weighted by molar-refractivity contribution is -0.134. The second-order valence-corrected chi connectivity index (χ2v) is 10.2. The topological polar surface area (TPSA) is 61.8 Å². The molecule has 1 unspecified atom stereocenters. The zero-order valence-corrected chi connectivity index (χ0v) is 23.5. The Morgan fingerprint density at radius 1 is 0.795 bits per heavy atom. The van der Waals surface area contributed by atoms with Crippen LogP contribution in [0.5, 0.6) is 17.2 Å². The van der Waals surface area contributed by atoms with Crippen LogP contribution in [0.25, 0.3) is 11.1 Å². The van der Waals surface area contributed by atoms with Gasteiger partial charge in [-0.2, -0.15) is 0 Å². The average molecular weight is 555 g/mol. The maximum atomic E-state index is 14.5. The zero-order chi connectivity index (χ0) is 28.2. The molecule has 0 aromatic heterocycles. The van der Waals surface area contributed by atoms with Gasteiger partial charge in [0.15, 0.2) is 11.6 Å². The molecule has 0 N–H and O–H groups in total. The van der Waals surface area contributed by atoms with Gasteiger partial charge in [0.1, 0.15) is 16.9 Å². The summed E-state index contributed by atoms with van der Waals surface area (Å²) in [6.07, 6.45) is 6.73. The standard InChI is InChI=1S/C32H36ClFO5/c1-4-5-6-7-8-9-20-37-29-19-14-25(21-28(29)34)31(35)38-26-15-10-23(11-16-26)24-12-17-27(18-13-24)39-32(36)30(33)22(2)3/h10-19,21-22,30H,4-9,20H2,1-3H3. The fourth-order valence-corrected chi connectivity index (χ4v) is 3.90. The van der Waals surface area contributed by atoms with Gasteiger partial charge in [-0.1, -0.05) is 77.1 Å². The van der Waals surface area contributed by atoms with Gasteiger partial charge in [0, 0.05) is 0 Å². The van der Waals surface area contributed by atoms with Crippen LogP contribution in [0.15, 0.2) is 66.7 Å². The summed E-state index contributed by atoms with van der Waals surface area (Å²) in [6, 6.07) is 18.1. The van der Waals surface area contributed by atoms with Crippen molar-refractivity contribution in [2.45, 2.75) is 64.7 Å². The monoisotopic (exact) mass is 554 g/mol. The van der Waals surface area contributed by atoms with E-state index in [0.717, 1.165) is 36.5 Å². The van der Waals surface area contributed by atoms with Crippen LogP contribution >= 0.6 is 11.6 Å². The lowest BCUT2D eigenvalue weighted by Gasteiger charge is -2.12. The van der Waals surface area contributed by atoms with Gasteiger partial charge in [0.25, 0.3) is 0 Å². The molecule has 0 heterocycles. The smallest absolute Gasteiger partial charge is 0.343 e. The van der Waals surface area contributed by atoms with Crippen LogP contribution < -0.4 is 14.2 Å². The summed E-state index contributed by atoms with van der Waals surface area (Å²) in [6.45, 7) is 6.32. The van der Waals surface area contributed by atoms with E-state index in [-0.39, 0.29) is 17.2 Å². The minimum Gasteiger partial charge on any atom is -0.491 e. The van der Waals surface area contributed by atoms with Crippen molar-refractivity contribution in [3.63, 3.8) is 0 Å². The highest BCUT2D eigenvalue weighted by molar-refractivity contribution is 6.30. The summed E-state index contributed by atoms with van der Waals surface area (Å²) >= 11 is 6.05. The maximum Gasteiger partial charge on any atom is 0.343 e. The molecule has 0 saturated carbocycles. The molecule has 5 nitrogen and oxygen atoms in total. The molecule has 3 aromatic rings. The van der Waals surface area contributed by atoms with Crippen LogP contribution in [0.3, 0.4) is 0 Å². The number of carbonyl (C=O) groups is 2. The molecule has 208 valence electrons. The predicted octanol–water partition coefficient (Wildman–Crippen LogP) is 8.62. The fourth-order valence-electron chi connectivity index (χ4n) is 3.85. The minimum atomic E-state index is -0.711. The summed E-state index contributed by atoms with van der Waals surface area (Å²) in [5.41, 5.74) is 1.87. The van der Waals surface area contributed by atoms with E-state index in [2.05, 4.69) is 6.92 Å². The number of rotatable bonds is 14. The van der Waals surface area contributed by atoms with Crippen molar-refractivity contribution >= 4 is 23.5 Å². The number of halogens is 2. The minimum absolute atomic E-state index is 0.0295. The summed E-state index contributed by atoms with van der Waals surface area (Å²) in [7, 11) is 0. The van der Waals surface area contributed by atoms with Crippen LogP contribution in [0.2, 0.25) is 0 Å². The zero-order valence-electron chi connectivity index (χ0n) is 22.8. The number of hydrogen-bond donors (Lipinski definition) is 0. The van der Waals surface area contributed by atoms with E-state index < -0.39 is 23.1 Å². The van der Waals surface area contributed by atoms with Crippen molar-refractivity contribution < 1.29 is 28.2 Å². The lowest BCUT2D eigenvalue weighted by atomic mass is 10.1. The van der Waals surface area contributed by atoms with E-state index in [1.165, 1.54) is 31.4 Å². The SMILES string of the molecule is CCCCCCCCOc1ccc(C(=O)Oc2ccc(-c3ccc(OC(=O)C(Cl)C(C)C)cc3)cc2)cc1F. The molecule has 7 heteroatoms. The maximum absolute atomic E-state index is 14.5. The van der Waals surface area contributed by atoms with E-state index in [4.69, 9.17) is 25.8 Å². The van der Waals surface area contributed by atoms with Gasteiger partial charge in [-0.15, -0.1) is 11.6 Å². The van der Waals surface area contributed by atoms with Gasteiger partial charge in [0.05, 0.1) is 12.2 Å². The van der Waals surface area contributed by atoms with E-state index in [1.807, 2.05) is 26.0 Å². The molecule has 3 rings (SSSR count). The second-order valence-electron chi connectivity index (χ2n) is 9.77. The third-order valence-corrected chi connectivity index (χ3v) is 6.89. The molecule has 0 fully saturated rings. The number of alkyl halides is 1. The molecule has 0 saturated heterocycles. The Morgan fingerprint density at radius 2 is 1.36 bits per heavy atom.